The van der Waals surface area contributed by atoms with E-state index in [1.807, 2.05) is 16.7 Å². The zero-order valence-electron chi connectivity index (χ0n) is 25.8. The van der Waals surface area contributed by atoms with Gasteiger partial charge in [-0.1, -0.05) is 11.6 Å². The molecule has 256 valence electrons. The second-order valence-corrected chi connectivity index (χ2v) is 11.9. The number of fused-ring (bicyclic) bond motifs is 1. The summed E-state index contributed by atoms with van der Waals surface area (Å²) in [6, 6.07) is 2.03. The number of amides is 2. The molecule has 1 aromatic carbocycles. The molecule has 0 saturated carbocycles. The minimum absolute atomic E-state index is 0.0970. The fraction of sp³-hybridized carbons (Fsp3) is 0.367. The van der Waals surface area contributed by atoms with Crippen molar-refractivity contribution in [2.45, 2.75) is 32.0 Å². The van der Waals surface area contributed by atoms with Gasteiger partial charge in [0.2, 0.25) is 17.7 Å². The van der Waals surface area contributed by atoms with Crippen molar-refractivity contribution in [3.05, 3.63) is 63.2 Å². The highest BCUT2D eigenvalue weighted by Gasteiger charge is 2.29. The molecular formula is C30H32ClF3N8O6. The standard InChI is InChI=1S/C30H32ClF3N8O6/c1-14-9-40(10-15(44)3-6-43)4-5-42(14)20-8-19(23(31)27(34)38-20)37-21(45)12-41-11-18(22-29(41)36-13-39(2)30(22)48)16-7-17(28(35)47)26(46)25(33)24(16)32/h7-8,11,13-15,43-44,46H,3-6,9-10,12H2,1-2H3,(H2,35,47)(H,37,38,45)/t14-,15?/m0/s1. The van der Waals surface area contributed by atoms with Gasteiger partial charge in [-0.15, -0.1) is 0 Å². The Morgan fingerprint density at radius 2 is 1.92 bits per heavy atom. The molecule has 3 aromatic heterocycles. The van der Waals surface area contributed by atoms with Crippen molar-refractivity contribution in [2.75, 3.05) is 43.0 Å². The van der Waals surface area contributed by atoms with E-state index in [-0.39, 0.29) is 47.2 Å². The number of pyridine rings is 1. The van der Waals surface area contributed by atoms with Crippen molar-refractivity contribution in [3.8, 4) is 16.9 Å². The van der Waals surface area contributed by atoms with Crippen molar-refractivity contribution < 1.29 is 38.1 Å². The van der Waals surface area contributed by atoms with Crippen LogP contribution in [-0.2, 0) is 18.4 Å². The van der Waals surface area contributed by atoms with E-state index in [0.29, 0.717) is 26.2 Å². The van der Waals surface area contributed by atoms with Crippen molar-refractivity contribution >= 4 is 46.0 Å². The molecule has 0 radical (unpaired) electrons. The molecule has 1 aliphatic rings. The number of carbonyl (C=O) groups is 2. The SMILES string of the molecule is C[C@H]1CN(CC(O)CCO)CCN1c1cc(NC(=O)Cn2cc(-c3cc(C(N)=O)c(O)c(F)c3F)c3c(=O)n(C)cnc32)c(Cl)c(F)n1. The molecule has 14 nitrogen and oxygen atoms in total. The van der Waals surface area contributed by atoms with E-state index < -0.39 is 69.5 Å². The summed E-state index contributed by atoms with van der Waals surface area (Å²) in [4.78, 5) is 50.3. The zero-order valence-corrected chi connectivity index (χ0v) is 26.5. The molecule has 1 unspecified atom stereocenters. The second kappa shape index (κ2) is 13.8. The number of aliphatic hydroxyl groups excluding tert-OH is 2. The predicted molar refractivity (Wildman–Crippen MR) is 169 cm³/mol. The third-order valence-corrected chi connectivity index (χ3v) is 8.46. The highest BCUT2D eigenvalue weighted by molar-refractivity contribution is 6.33. The number of hydrogen-bond acceptors (Lipinski definition) is 10. The number of halogens is 4. The molecule has 1 saturated heterocycles. The number of aromatic nitrogens is 4. The molecule has 2 atom stereocenters. The topological polar surface area (TPSA) is 192 Å². The Bertz CT molecular complexity index is 1970. The summed E-state index contributed by atoms with van der Waals surface area (Å²) in [6.45, 7) is 3.00. The van der Waals surface area contributed by atoms with Crippen LogP contribution in [-0.4, -0.2) is 96.1 Å². The normalized spacial score (nSPS) is 16.0. The van der Waals surface area contributed by atoms with Crippen molar-refractivity contribution in [1.29, 1.82) is 0 Å². The molecule has 18 heteroatoms. The van der Waals surface area contributed by atoms with Crippen molar-refractivity contribution in [1.82, 2.24) is 24.0 Å². The first-order valence-corrected chi connectivity index (χ1v) is 15.1. The van der Waals surface area contributed by atoms with E-state index in [4.69, 9.17) is 22.4 Å². The summed E-state index contributed by atoms with van der Waals surface area (Å²) >= 11 is 6.17. The van der Waals surface area contributed by atoms with Crippen LogP contribution in [0.5, 0.6) is 5.75 Å². The maximum atomic E-state index is 15.1. The van der Waals surface area contributed by atoms with Crippen LogP contribution in [0.4, 0.5) is 24.7 Å². The van der Waals surface area contributed by atoms with Gasteiger partial charge in [0, 0.05) is 69.3 Å². The van der Waals surface area contributed by atoms with Crippen LogP contribution in [0.1, 0.15) is 23.7 Å². The number of aliphatic hydroxyl groups is 2. The molecule has 4 heterocycles. The number of piperazine rings is 1. The van der Waals surface area contributed by atoms with E-state index in [1.165, 1.54) is 17.7 Å². The molecule has 6 N–H and O–H groups in total. The molecular weight excluding hydrogens is 661 g/mol. The predicted octanol–water partition coefficient (Wildman–Crippen LogP) is 1.56. The number of nitrogens with two attached hydrogens (primary N) is 1. The number of hydrogen-bond donors (Lipinski definition) is 5. The number of aromatic hydroxyl groups is 1. The first-order valence-electron chi connectivity index (χ1n) is 14.7. The third kappa shape index (κ3) is 6.66. The molecule has 1 aliphatic heterocycles. The lowest BCUT2D eigenvalue weighted by Crippen LogP contribution is -2.53. The molecule has 1 fully saturated rings. The van der Waals surface area contributed by atoms with E-state index in [2.05, 4.69) is 15.3 Å². The smallest absolute Gasteiger partial charge is 0.263 e. The molecule has 2 amide bonds. The molecule has 0 bridgehead atoms. The van der Waals surface area contributed by atoms with Crippen LogP contribution < -0.4 is 21.5 Å². The van der Waals surface area contributed by atoms with E-state index >= 15 is 4.39 Å². The summed E-state index contributed by atoms with van der Waals surface area (Å²) in [5.74, 6) is -7.49. The summed E-state index contributed by atoms with van der Waals surface area (Å²) in [5.41, 5.74) is 2.78. The number of primary amides is 1. The van der Waals surface area contributed by atoms with Crippen LogP contribution in [0.25, 0.3) is 22.2 Å². The summed E-state index contributed by atoms with van der Waals surface area (Å²) in [5, 5.41) is 30.9. The lowest BCUT2D eigenvalue weighted by molar-refractivity contribution is -0.116. The number of nitrogens with zero attached hydrogens (tertiary/aromatic N) is 6. The first-order chi connectivity index (χ1) is 22.7. The van der Waals surface area contributed by atoms with Crippen molar-refractivity contribution in [2.24, 2.45) is 12.8 Å². The number of anilines is 2. The lowest BCUT2D eigenvalue weighted by atomic mass is 10.0. The fourth-order valence-electron chi connectivity index (χ4n) is 5.74. The Hall–Kier alpha value is -4.71. The average Bonchev–Trinajstić information content (AvgIpc) is 3.38. The molecule has 48 heavy (non-hydrogen) atoms. The second-order valence-electron chi connectivity index (χ2n) is 11.5. The Balaban J connectivity index is 1.44. The van der Waals surface area contributed by atoms with Crippen molar-refractivity contribution in [3.63, 3.8) is 0 Å². The molecule has 5 rings (SSSR count). The van der Waals surface area contributed by atoms with Crippen LogP contribution in [0.3, 0.4) is 0 Å². The van der Waals surface area contributed by atoms with Gasteiger partial charge in [-0.25, -0.2) is 14.4 Å². The first kappa shape index (κ1) is 34.6. The van der Waals surface area contributed by atoms with Gasteiger partial charge in [0.15, 0.2) is 11.6 Å². The number of benzene rings is 1. The van der Waals surface area contributed by atoms with Gasteiger partial charge in [-0.2, -0.15) is 8.78 Å². The third-order valence-electron chi connectivity index (χ3n) is 8.10. The zero-order chi connectivity index (χ0) is 35.0. The van der Waals surface area contributed by atoms with Gasteiger partial charge >= 0.3 is 0 Å². The van der Waals surface area contributed by atoms with Gasteiger partial charge < -0.3 is 40.4 Å². The minimum Gasteiger partial charge on any atom is -0.504 e. The van der Waals surface area contributed by atoms with Gasteiger partial charge in [0.1, 0.15) is 23.0 Å². The average molecular weight is 693 g/mol. The van der Waals surface area contributed by atoms with Crippen LogP contribution >= 0.6 is 11.6 Å². The molecule has 0 spiro atoms. The molecule has 0 aliphatic carbocycles. The van der Waals surface area contributed by atoms with Crippen LogP contribution in [0, 0.1) is 17.6 Å². The number of phenols is 1. The number of rotatable bonds is 10. The van der Waals surface area contributed by atoms with Crippen LogP contribution in [0.2, 0.25) is 5.02 Å². The number of β-amino-alcohol motifs (C(OH)–C–C–N with tert-alkyl or cyclic N) is 1. The Morgan fingerprint density at radius 1 is 1.19 bits per heavy atom. The Morgan fingerprint density at radius 3 is 2.58 bits per heavy atom. The largest absolute Gasteiger partial charge is 0.504 e. The number of carbonyl (C=O) groups excluding carboxylic acids is 2. The van der Waals surface area contributed by atoms with Crippen LogP contribution in [0.15, 0.2) is 29.5 Å². The van der Waals surface area contributed by atoms with Gasteiger partial charge in [0.05, 0.1) is 29.1 Å². The monoisotopic (exact) mass is 692 g/mol. The highest BCUT2D eigenvalue weighted by atomic mass is 35.5. The van der Waals surface area contributed by atoms with Gasteiger partial charge in [0.25, 0.3) is 11.5 Å². The van der Waals surface area contributed by atoms with E-state index in [1.54, 1.807) is 0 Å². The minimum atomic E-state index is -1.76. The number of nitrogens with one attached hydrogen (secondary N) is 1. The van der Waals surface area contributed by atoms with E-state index in [0.717, 1.165) is 23.2 Å². The van der Waals surface area contributed by atoms with E-state index in [9.17, 15) is 33.4 Å². The highest BCUT2D eigenvalue weighted by Crippen LogP contribution is 2.36. The van der Waals surface area contributed by atoms with Gasteiger partial charge in [-0.3, -0.25) is 19.3 Å². The maximum Gasteiger partial charge on any atom is 0.263 e. The maximum absolute atomic E-state index is 15.1. The quantitative estimate of drug-likeness (QED) is 0.152. The lowest BCUT2D eigenvalue weighted by Gasteiger charge is -2.41. The summed E-state index contributed by atoms with van der Waals surface area (Å²) in [6.07, 6.45) is 1.86. The number of aryl methyl sites for hydroxylation is 1. The summed E-state index contributed by atoms with van der Waals surface area (Å²) < 4.78 is 46.9. The molecule has 4 aromatic rings. The Labute approximate surface area is 275 Å². The Kier molecular flexibility index (Phi) is 9.95. The van der Waals surface area contributed by atoms with Gasteiger partial charge in [-0.05, 0) is 19.4 Å². The fourth-order valence-corrected chi connectivity index (χ4v) is 5.88. The summed E-state index contributed by atoms with van der Waals surface area (Å²) in [7, 11) is 1.37.